The lowest BCUT2D eigenvalue weighted by molar-refractivity contribution is -0.141. The molecule has 2 rings (SSSR count). The molecule has 0 atom stereocenters. The molecule has 0 unspecified atom stereocenters. The Morgan fingerprint density at radius 1 is 1.50 bits per heavy atom. The van der Waals surface area contributed by atoms with Crippen molar-refractivity contribution >= 4 is 11.7 Å². The van der Waals surface area contributed by atoms with Gasteiger partial charge in [0.15, 0.2) is 0 Å². The topological polar surface area (TPSA) is 57.3 Å². The fraction of sp³-hybridized carbons (Fsp3) is 0.545. The molecule has 0 spiro atoms. The first-order valence-electron chi connectivity index (χ1n) is 5.58. The third-order valence-electron chi connectivity index (χ3n) is 2.64. The van der Waals surface area contributed by atoms with Gasteiger partial charge in [0.25, 0.3) is 0 Å². The summed E-state index contributed by atoms with van der Waals surface area (Å²) >= 11 is 0. The van der Waals surface area contributed by atoms with Gasteiger partial charge in [-0.1, -0.05) is 0 Å². The molecule has 1 saturated carbocycles. The van der Waals surface area contributed by atoms with E-state index in [9.17, 15) is 18.0 Å². The van der Waals surface area contributed by atoms with Crippen LogP contribution in [0.25, 0.3) is 0 Å². The average Bonchev–Trinajstić information content (AvgIpc) is 3.00. The van der Waals surface area contributed by atoms with Crippen molar-refractivity contribution in [2.24, 2.45) is 0 Å². The summed E-state index contributed by atoms with van der Waals surface area (Å²) in [4.78, 5) is 11.6. The smallest absolute Gasteiger partial charge is 0.392 e. The molecule has 7 heteroatoms. The normalized spacial score (nSPS) is 15.7. The Morgan fingerprint density at radius 2 is 2.17 bits per heavy atom. The minimum atomic E-state index is -4.32. The van der Waals surface area contributed by atoms with Crippen LogP contribution in [0, 0.1) is 0 Å². The first-order valence-corrected chi connectivity index (χ1v) is 5.58. The van der Waals surface area contributed by atoms with Crippen molar-refractivity contribution in [1.82, 2.24) is 4.57 Å². The van der Waals surface area contributed by atoms with Gasteiger partial charge in [0.05, 0.1) is 12.1 Å². The van der Waals surface area contributed by atoms with Gasteiger partial charge in [0.1, 0.15) is 12.3 Å². The molecule has 0 radical (unpaired) electrons. The zero-order chi connectivity index (χ0) is 13.3. The molecule has 0 saturated heterocycles. The minimum Gasteiger partial charge on any atom is -0.461 e. The summed E-state index contributed by atoms with van der Waals surface area (Å²) in [6, 6.07) is 1.64. The van der Waals surface area contributed by atoms with E-state index < -0.39 is 25.2 Å². The Bertz CT molecular complexity index is 450. The van der Waals surface area contributed by atoms with Crippen molar-refractivity contribution in [3.63, 3.8) is 0 Å². The average molecular weight is 262 g/mol. The lowest BCUT2D eigenvalue weighted by atomic mass is 10.4. The molecule has 1 aliphatic rings. The monoisotopic (exact) mass is 262 g/mol. The second kappa shape index (κ2) is 4.55. The van der Waals surface area contributed by atoms with Gasteiger partial charge in [0.2, 0.25) is 0 Å². The minimum absolute atomic E-state index is 0.215. The quantitative estimate of drug-likeness (QED) is 0.848. The van der Waals surface area contributed by atoms with Gasteiger partial charge < -0.3 is 15.0 Å². The fourth-order valence-electron chi connectivity index (χ4n) is 1.65. The number of halogens is 3. The number of esters is 1. The van der Waals surface area contributed by atoms with Crippen LogP contribution in [0.2, 0.25) is 0 Å². The number of carbonyl (C=O) groups is 1. The predicted octanol–water partition coefficient (Wildman–Crippen LogP) is 2.51. The lowest BCUT2D eigenvalue weighted by Crippen LogP contribution is -2.16. The fourth-order valence-corrected chi connectivity index (χ4v) is 1.65. The first-order chi connectivity index (χ1) is 8.37. The molecular weight excluding hydrogens is 249 g/mol. The van der Waals surface area contributed by atoms with E-state index in [0.29, 0.717) is 5.69 Å². The number of carbonyl (C=O) groups excluding carboxylic acids is 1. The van der Waals surface area contributed by atoms with Crippen LogP contribution in [0.1, 0.15) is 35.8 Å². The lowest BCUT2D eigenvalue weighted by Gasteiger charge is -2.09. The Morgan fingerprint density at radius 3 is 2.72 bits per heavy atom. The molecule has 0 amide bonds. The van der Waals surface area contributed by atoms with Gasteiger partial charge in [-0.2, -0.15) is 13.2 Å². The van der Waals surface area contributed by atoms with E-state index in [1.54, 1.807) is 10.8 Å². The van der Waals surface area contributed by atoms with Crippen molar-refractivity contribution in [1.29, 1.82) is 0 Å². The number of ether oxygens (including phenoxy) is 1. The molecule has 4 nitrogen and oxygen atoms in total. The Balaban J connectivity index is 1.96. The van der Waals surface area contributed by atoms with Crippen molar-refractivity contribution < 1.29 is 22.7 Å². The van der Waals surface area contributed by atoms with Gasteiger partial charge in [0, 0.05) is 12.2 Å². The van der Waals surface area contributed by atoms with Crippen molar-refractivity contribution in [3.05, 3.63) is 18.0 Å². The Kier molecular flexibility index (Phi) is 3.23. The maximum atomic E-state index is 11.9. The molecule has 1 heterocycles. The summed E-state index contributed by atoms with van der Waals surface area (Å²) in [5, 5.41) is 0. The number of anilines is 1. The van der Waals surface area contributed by atoms with Crippen LogP contribution in [0.15, 0.2) is 12.3 Å². The maximum Gasteiger partial charge on any atom is 0.392 e. The molecule has 0 aliphatic heterocycles. The third kappa shape index (κ3) is 3.18. The number of hydrogen-bond donors (Lipinski definition) is 1. The molecule has 0 bridgehead atoms. The van der Waals surface area contributed by atoms with Crippen LogP contribution >= 0.6 is 0 Å². The molecule has 100 valence electrons. The number of nitrogens with zero attached hydrogens (tertiary/aromatic N) is 1. The number of alkyl halides is 3. The first kappa shape index (κ1) is 12.8. The summed E-state index contributed by atoms with van der Waals surface area (Å²) in [5.41, 5.74) is 6.20. The van der Waals surface area contributed by atoms with E-state index in [1.807, 2.05) is 0 Å². The van der Waals surface area contributed by atoms with Crippen LogP contribution in [0.4, 0.5) is 18.9 Å². The molecule has 1 aliphatic carbocycles. The second-order valence-electron chi connectivity index (χ2n) is 4.30. The highest BCUT2D eigenvalue weighted by Gasteiger charge is 2.30. The van der Waals surface area contributed by atoms with Gasteiger partial charge in [-0.3, -0.25) is 0 Å². The van der Waals surface area contributed by atoms with E-state index in [1.165, 1.54) is 6.07 Å². The number of rotatable bonds is 4. The second-order valence-corrected chi connectivity index (χ2v) is 4.30. The number of aromatic nitrogens is 1. The van der Waals surface area contributed by atoms with Crippen LogP contribution in [-0.2, 0) is 4.74 Å². The number of nitrogen functional groups attached to an aromatic ring is 1. The highest BCUT2D eigenvalue weighted by atomic mass is 19.4. The molecule has 0 aromatic carbocycles. The van der Waals surface area contributed by atoms with E-state index in [2.05, 4.69) is 4.74 Å². The summed E-state index contributed by atoms with van der Waals surface area (Å²) in [6.07, 6.45) is -1.97. The maximum absolute atomic E-state index is 11.9. The number of hydrogen-bond acceptors (Lipinski definition) is 3. The van der Waals surface area contributed by atoms with Crippen LogP contribution < -0.4 is 5.73 Å². The van der Waals surface area contributed by atoms with Crippen molar-refractivity contribution in [2.75, 3.05) is 12.3 Å². The zero-order valence-electron chi connectivity index (χ0n) is 9.54. The van der Waals surface area contributed by atoms with Crippen LogP contribution in [0.5, 0.6) is 0 Å². The molecule has 1 aromatic heterocycles. The van der Waals surface area contributed by atoms with Crippen LogP contribution in [0.3, 0.4) is 0 Å². The summed E-state index contributed by atoms with van der Waals surface area (Å²) in [7, 11) is 0. The largest absolute Gasteiger partial charge is 0.461 e. The van der Waals surface area contributed by atoms with Crippen molar-refractivity contribution in [2.45, 2.75) is 31.5 Å². The van der Waals surface area contributed by atoms with E-state index in [-0.39, 0.29) is 11.7 Å². The van der Waals surface area contributed by atoms with Crippen molar-refractivity contribution in [3.8, 4) is 0 Å². The van der Waals surface area contributed by atoms with E-state index in [4.69, 9.17) is 5.73 Å². The van der Waals surface area contributed by atoms with E-state index >= 15 is 0 Å². The van der Waals surface area contributed by atoms with Gasteiger partial charge in [-0.15, -0.1) is 0 Å². The standard InChI is InChI=1S/C11H13F3N2O2/c12-11(13,14)3-4-18-10(17)9-5-7(15)6-16(9)8-1-2-8/h5-6,8H,1-4,15H2. The van der Waals surface area contributed by atoms with Gasteiger partial charge in [-0.25, -0.2) is 4.79 Å². The van der Waals surface area contributed by atoms with Gasteiger partial charge in [-0.05, 0) is 18.9 Å². The molecule has 2 N–H and O–H groups in total. The number of nitrogens with two attached hydrogens (primary N) is 1. The molecular formula is C11H13F3N2O2. The third-order valence-corrected chi connectivity index (χ3v) is 2.64. The Hall–Kier alpha value is -1.66. The van der Waals surface area contributed by atoms with Gasteiger partial charge >= 0.3 is 12.1 Å². The zero-order valence-corrected chi connectivity index (χ0v) is 9.54. The van der Waals surface area contributed by atoms with Crippen LogP contribution in [-0.4, -0.2) is 23.3 Å². The SMILES string of the molecule is Nc1cc(C(=O)OCCC(F)(F)F)n(C2CC2)c1. The summed E-state index contributed by atoms with van der Waals surface area (Å²) in [5.74, 6) is -0.761. The Labute approximate surface area is 102 Å². The highest BCUT2D eigenvalue weighted by Crippen LogP contribution is 2.37. The van der Waals surface area contributed by atoms with E-state index in [0.717, 1.165) is 12.8 Å². The molecule has 18 heavy (non-hydrogen) atoms. The summed E-state index contributed by atoms with van der Waals surface area (Å²) in [6.45, 7) is -0.669. The highest BCUT2D eigenvalue weighted by molar-refractivity contribution is 5.89. The summed E-state index contributed by atoms with van der Waals surface area (Å²) < 4.78 is 42.0. The predicted molar refractivity (Wildman–Crippen MR) is 58.1 cm³/mol. The molecule has 1 fully saturated rings. The molecule has 1 aromatic rings.